The second-order valence-electron chi connectivity index (χ2n) is 3.85. The van der Waals surface area contributed by atoms with Gasteiger partial charge in [0.05, 0.1) is 13.0 Å². The van der Waals surface area contributed by atoms with Crippen LogP contribution in [0.15, 0.2) is 28.7 Å². The Morgan fingerprint density at radius 3 is 2.47 bits per heavy atom. The predicted octanol–water partition coefficient (Wildman–Crippen LogP) is 2.29. The first-order chi connectivity index (χ1) is 9.02. The van der Waals surface area contributed by atoms with Gasteiger partial charge < -0.3 is 14.7 Å². The number of ether oxygens (including phenoxy) is 1. The third kappa shape index (κ3) is 5.74. The van der Waals surface area contributed by atoms with Crippen LogP contribution in [0, 0.1) is 0 Å². The molecule has 0 bridgehead atoms. The molecule has 0 aliphatic heterocycles. The van der Waals surface area contributed by atoms with Crippen LogP contribution >= 0.6 is 15.9 Å². The summed E-state index contributed by atoms with van der Waals surface area (Å²) in [5.41, 5.74) is 0.759. The zero-order valence-corrected chi connectivity index (χ0v) is 12.2. The Bertz CT molecular complexity index is 433. The quantitative estimate of drug-likeness (QED) is 0.777. The molecular weight excluding hydrogens is 314 g/mol. The van der Waals surface area contributed by atoms with Gasteiger partial charge in [0.1, 0.15) is 6.54 Å². The minimum Gasteiger partial charge on any atom is -0.480 e. The summed E-state index contributed by atoms with van der Waals surface area (Å²) in [4.78, 5) is 23.8. The van der Waals surface area contributed by atoms with Gasteiger partial charge in [-0.05, 0) is 31.2 Å². The van der Waals surface area contributed by atoms with Crippen molar-refractivity contribution in [2.45, 2.75) is 13.3 Å². The van der Waals surface area contributed by atoms with Gasteiger partial charge in [-0.2, -0.15) is 0 Å². The lowest BCUT2D eigenvalue weighted by Crippen LogP contribution is -2.32. The van der Waals surface area contributed by atoms with Crippen molar-refractivity contribution in [1.29, 1.82) is 0 Å². The van der Waals surface area contributed by atoms with E-state index < -0.39 is 5.97 Å². The van der Waals surface area contributed by atoms with Crippen molar-refractivity contribution < 1.29 is 19.4 Å². The summed E-state index contributed by atoms with van der Waals surface area (Å²) in [6.07, 6.45) is 0.164. The van der Waals surface area contributed by atoms with E-state index >= 15 is 0 Å². The molecule has 0 amide bonds. The van der Waals surface area contributed by atoms with Gasteiger partial charge >= 0.3 is 11.9 Å². The average Bonchev–Trinajstić information content (AvgIpc) is 2.35. The molecule has 0 spiro atoms. The number of rotatable bonds is 7. The molecule has 0 radical (unpaired) electrons. The van der Waals surface area contributed by atoms with Crippen LogP contribution in [0.1, 0.15) is 13.3 Å². The number of aliphatic carboxylic acids is 1. The number of halogens is 1. The number of carbonyl (C=O) groups is 2. The summed E-state index contributed by atoms with van der Waals surface area (Å²) >= 11 is 3.32. The van der Waals surface area contributed by atoms with Gasteiger partial charge in [-0.25, -0.2) is 0 Å². The number of carboxylic acids is 1. The van der Waals surface area contributed by atoms with Gasteiger partial charge in [-0.1, -0.05) is 15.9 Å². The fourth-order valence-corrected chi connectivity index (χ4v) is 1.84. The maximum absolute atomic E-state index is 11.3. The highest BCUT2D eigenvalue weighted by molar-refractivity contribution is 9.10. The van der Waals surface area contributed by atoms with Crippen molar-refractivity contribution in [3.05, 3.63) is 28.7 Å². The highest BCUT2D eigenvalue weighted by Crippen LogP contribution is 2.18. The lowest BCUT2D eigenvalue weighted by atomic mass is 10.2. The fraction of sp³-hybridized carbons (Fsp3) is 0.385. The van der Waals surface area contributed by atoms with Crippen molar-refractivity contribution in [3.63, 3.8) is 0 Å². The Morgan fingerprint density at radius 1 is 1.32 bits per heavy atom. The van der Waals surface area contributed by atoms with Crippen LogP contribution in [0.5, 0.6) is 0 Å². The number of hydrogen-bond acceptors (Lipinski definition) is 4. The third-order valence-electron chi connectivity index (χ3n) is 2.41. The maximum Gasteiger partial charge on any atom is 0.323 e. The molecular formula is C13H16BrNO4. The molecule has 0 aliphatic carbocycles. The smallest absolute Gasteiger partial charge is 0.323 e. The van der Waals surface area contributed by atoms with Gasteiger partial charge in [-0.15, -0.1) is 0 Å². The molecule has 0 unspecified atom stereocenters. The molecule has 6 heteroatoms. The zero-order valence-electron chi connectivity index (χ0n) is 10.6. The standard InChI is InChI=1S/C13H16BrNO4/c1-2-19-13(18)7-8-15(9-12(16)17)11-5-3-10(14)4-6-11/h3-6H,2,7-9H2,1H3,(H,16,17). The molecule has 1 rings (SSSR count). The molecule has 1 N–H and O–H groups in total. The van der Waals surface area contributed by atoms with E-state index in [2.05, 4.69) is 15.9 Å². The van der Waals surface area contributed by atoms with Gasteiger partial charge in [-0.3, -0.25) is 9.59 Å². The van der Waals surface area contributed by atoms with E-state index in [9.17, 15) is 9.59 Å². The summed E-state index contributed by atoms with van der Waals surface area (Å²) < 4.78 is 5.75. The first kappa shape index (κ1) is 15.5. The van der Waals surface area contributed by atoms with Crippen molar-refractivity contribution in [2.75, 3.05) is 24.6 Å². The average molecular weight is 330 g/mol. The van der Waals surface area contributed by atoms with Gasteiger partial charge in [0.2, 0.25) is 0 Å². The largest absolute Gasteiger partial charge is 0.480 e. The van der Waals surface area contributed by atoms with Crippen LogP contribution in [-0.2, 0) is 14.3 Å². The molecule has 0 saturated heterocycles. The minimum atomic E-state index is -0.938. The lowest BCUT2D eigenvalue weighted by molar-refractivity contribution is -0.143. The minimum absolute atomic E-state index is 0.152. The summed E-state index contributed by atoms with van der Waals surface area (Å²) in [7, 11) is 0. The van der Waals surface area contributed by atoms with E-state index in [1.165, 1.54) is 0 Å². The van der Waals surface area contributed by atoms with Crippen LogP contribution < -0.4 is 4.90 Å². The zero-order chi connectivity index (χ0) is 14.3. The normalized spacial score (nSPS) is 10.0. The van der Waals surface area contributed by atoms with Gasteiger partial charge in [0.15, 0.2) is 0 Å². The number of nitrogens with zero attached hydrogens (tertiary/aromatic N) is 1. The lowest BCUT2D eigenvalue weighted by Gasteiger charge is -2.22. The van der Waals surface area contributed by atoms with Gasteiger partial charge in [0, 0.05) is 16.7 Å². The third-order valence-corrected chi connectivity index (χ3v) is 2.94. The van der Waals surface area contributed by atoms with Crippen LogP contribution in [0.3, 0.4) is 0 Å². The fourth-order valence-electron chi connectivity index (χ4n) is 1.57. The van der Waals surface area contributed by atoms with Crippen molar-refractivity contribution in [1.82, 2.24) is 0 Å². The number of carboxylic acid groups (broad SMARTS) is 1. The number of esters is 1. The molecule has 0 fully saturated rings. The van der Waals surface area contributed by atoms with Gasteiger partial charge in [0.25, 0.3) is 0 Å². The van der Waals surface area contributed by atoms with Crippen LogP contribution in [0.2, 0.25) is 0 Å². The van der Waals surface area contributed by atoms with Crippen molar-refractivity contribution in [2.24, 2.45) is 0 Å². The monoisotopic (exact) mass is 329 g/mol. The number of hydrogen-bond donors (Lipinski definition) is 1. The highest BCUT2D eigenvalue weighted by Gasteiger charge is 2.13. The summed E-state index contributed by atoms with van der Waals surface area (Å²) in [6.45, 7) is 2.23. The van der Waals surface area contributed by atoms with E-state index in [4.69, 9.17) is 9.84 Å². The predicted molar refractivity (Wildman–Crippen MR) is 75.2 cm³/mol. The van der Waals surface area contributed by atoms with E-state index in [1.807, 2.05) is 12.1 Å². The van der Waals surface area contributed by atoms with Crippen molar-refractivity contribution >= 4 is 33.6 Å². The van der Waals surface area contributed by atoms with Crippen LogP contribution in [-0.4, -0.2) is 36.7 Å². The molecule has 0 atom stereocenters. The first-order valence-electron chi connectivity index (χ1n) is 5.91. The first-order valence-corrected chi connectivity index (χ1v) is 6.70. The molecule has 104 valence electrons. The SMILES string of the molecule is CCOC(=O)CCN(CC(=O)O)c1ccc(Br)cc1. The molecule has 0 saturated carbocycles. The summed E-state index contributed by atoms with van der Waals surface area (Å²) in [5.74, 6) is -1.26. The molecule has 1 aromatic carbocycles. The molecule has 0 aromatic heterocycles. The van der Waals surface area contributed by atoms with E-state index in [-0.39, 0.29) is 18.9 Å². The van der Waals surface area contributed by atoms with E-state index in [0.717, 1.165) is 10.2 Å². The molecule has 0 aliphatic rings. The van der Waals surface area contributed by atoms with Crippen molar-refractivity contribution in [3.8, 4) is 0 Å². The number of benzene rings is 1. The topological polar surface area (TPSA) is 66.8 Å². The summed E-state index contributed by atoms with van der Waals surface area (Å²) in [6, 6.07) is 7.26. The Labute approximate surface area is 120 Å². The molecule has 1 aromatic rings. The summed E-state index contributed by atoms with van der Waals surface area (Å²) in [5, 5.41) is 8.90. The Hall–Kier alpha value is -1.56. The Balaban J connectivity index is 2.69. The molecule has 0 heterocycles. The van der Waals surface area contributed by atoms with E-state index in [0.29, 0.717) is 13.2 Å². The molecule has 5 nitrogen and oxygen atoms in total. The Morgan fingerprint density at radius 2 is 1.95 bits per heavy atom. The molecule has 19 heavy (non-hydrogen) atoms. The second kappa shape index (κ2) is 7.78. The Kier molecular flexibility index (Phi) is 6.35. The number of carbonyl (C=O) groups excluding carboxylic acids is 1. The van der Waals surface area contributed by atoms with E-state index in [1.54, 1.807) is 24.0 Å². The van der Waals surface area contributed by atoms with Crippen LogP contribution in [0.25, 0.3) is 0 Å². The second-order valence-corrected chi connectivity index (χ2v) is 4.76. The highest BCUT2D eigenvalue weighted by atomic mass is 79.9. The number of anilines is 1. The van der Waals surface area contributed by atoms with Crippen LogP contribution in [0.4, 0.5) is 5.69 Å². The maximum atomic E-state index is 11.3.